The predicted octanol–water partition coefficient (Wildman–Crippen LogP) is -0.139. The lowest BCUT2D eigenvalue weighted by Gasteiger charge is -2.03. The summed E-state index contributed by atoms with van der Waals surface area (Å²) in [6, 6.07) is 0. The van der Waals surface area contributed by atoms with E-state index >= 15 is 0 Å². The van der Waals surface area contributed by atoms with Gasteiger partial charge in [-0.1, -0.05) is 0 Å². The minimum absolute atomic E-state index is 0.196. The second-order valence-corrected chi connectivity index (χ2v) is 2.81. The minimum atomic E-state index is 0.196. The number of hydrogen-bond acceptors (Lipinski definition) is 2. The number of rotatable bonds is 3. The first-order valence-electron chi connectivity index (χ1n) is 3.79. The molecule has 3 nitrogen and oxygen atoms in total. The number of nitrogens with one attached hydrogen (secondary N) is 1. The van der Waals surface area contributed by atoms with Crippen LogP contribution < -0.4 is 11.1 Å². The van der Waals surface area contributed by atoms with Gasteiger partial charge in [-0.05, 0) is 25.3 Å². The van der Waals surface area contributed by atoms with Gasteiger partial charge in [0.05, 0.1) is 0 Å². The highest BCUT2D eigenvalue weighted by Crippen LogP contribution is 2.14. The molecular weight excluding hydrogens is 128 g/mol. The zero-order valence-electron chi connectivity index (χ0n) is 6.10. The van der Waals surface area contributed by atoms with E-state index in [0.717, 1.165) is 25.9 Å². The molecule has 3 heteroatoms. The van der Waals surface area contributed by atoms with Crippen LogP contribution in [0.25, 0.3) is 0 Å². The van der Waals surface area contributed by atoms with Crippen LogP contribution in [-0.4, -0.2) is 19.0 Å². The van der Waals surface area contributed by atoms with E-state index in [1.54, 1.807) is 0 Å². The van der Waals surface area contributed by atoms with Crippen LogP contribution in [0.4, 0.5) is 0 Å². The third kappa shape index (κ3) is 1.99. The molecule has 1 atom stereocenters. The lowest BCUT2D eigenvalue weighted by Crippen LogP contribution is -2.14. The highest BCUT2D eigenvalue weighted by Gasteiger charge is 2.19. The Hall–Kier alpha value is -0.570. The Kier molecular flexibility index (Phi) is 2.68. The number of amides is 1. The lowest BCUT2D eigenvalue weighted by molar-refractivity contribution is -0.119. The zero-order chi connectivity index (χ0) is 7.40. The first kappa shape index (κ1) is 7.54. The molecule has 0 aromatic carbocycles. The Morgan fingerprint density at radius 3 is 3.00 bits per heavy atom. The zero-order valence-corrected chi connectivity index (χ0v) is 6.10. The molecule has 0 bridgehead atoms. The summed E-state index contributed by atoms with van der Waals surface area (Å²) in [4.78, 5) is 10.7. The van der Waals surface area contributed by atoms with Crippen molar-refractivity contribution >= 4 is 5.91 Å². The molecule has 1 saturated heterocycles. The maximum absolute atomic E-state index is 10.7. The van der Waals surface area contributed by atoms with Crippen molar-refractivity contribution in [2.75, 3.05) is 13.1 Å². The SMILES string of the molecule is NCCCC1CNC(=O)C1. The molecule has 1 aliphatic rings. The summed E-state index contributed by atoms with van der Waals surface area (Å²) in [6.07, 6.45) is 2.84. The minimum Gasteiger partial charge on any atom is -0.356 e. The number of carbonyl (C=O) groups is 1. The van der Waals surface area contributed by atoms with Crippen molar-refractivity contribution in [3.05, 3.63) is 0 Å². The molecule has 0 aromatic rings. The number of carbonyl (C=O) groups excluding carboxylic acids is 1. The fourth-order valence-electron chi connectivity index (χ4n) is 1.28. The molecule has 0 radical (unpaired) electrons. The normalized spacial score (nSPS) is 24.9. The van der Waals surface area contributed by atoms with Gasteiger partial charge < -0.3 is 11.1 Å². The predicted molar refractivity (Wildman–Crippen MR) is 39.4 cm³/mol. The van der Waals surface area contributed by atoms with Crippen LogP contribution in [0.1, 0.15) is 19.3 Å². The van der Waals surface area contributed by atoms with Gasteiger partial charge in [0.25, 0.3) is 0 Å². The van der Waals surface area contributed by atoms with Gasteiger partial charge in [0, 0.05) is 13.0 Å². The molecule has 1 heterocycles. The first-order valence-corrected chi connectivity index (χ1v) is 3.79. The molecule has 58 valence electrons. The summed E-state index contributed by atoms with van der Waals surface area (Å²) in [7, 11) is 0. The van der Waals surface area contributed by atoms with Crippen LogP contribution in [0.15, 0.2) is 0 Å². The van der Waals surface area contributed by atoms with Crippen molar-refractivity contribution in [3.8, 4) is 0 Å². The van der Waals surface area contributed by atoms with Gasteiger partial charge >= 0.3 is 0 Å². The van der Waals surface area contributed by atoms with Gasteiger partial charge in [-0.15, -0.1) is 0 Å². The average molecular weight is 142 g/mol. The van der Waals surface area contributed by atoms with Crippen LogP contribution in [0.5, 0.6) is 0 Å². The summed E-state index contributed by atoms with van der Waals surface area (Å²) in [5.74, 6) is 0.748. The largest absolute Gasteiger partial charge is 0.356 e. The van der Waals surface area contributed by atoms with E-state index in [1.807, 2.05) is 0 Å². The Morgan fingerprint density at radius 2 is 2.50 bits per heavy atom. The van der Waals surface area contributed by atoms with Crippen molar-refractivity contribution < 1.29 is 4.79 Å². The maximum Gasteiger partial charge on any atom is 0.220 e. The summed E-state index contributed by atoms with van der Waals surface area (Å²) >= 11 is 0. The molecule has 1 rings (SSSR count). The third-order valence-corrected chi connectivity index (χ3v) is 1.88. The standard InChI is InChI=1S/C7H14N2O/c8-3-1-2-6-4-7(10)9-5-6/h6H,1-5,8H2,(H,9,10). The van der Waals surface area contributed by atoms with E-state index in [1.165, 1.54) is 0 Å². The summed E-state index contributed by atoms with van der Waals surface area (Å²) in [5.41, 5.74) is 5.34. The van der Waals surface area contributed by atoms with Crippen LogP contribution in [0, 0.1) is 5.92 Å². The van der Waals surface area contributed by atoms with Crippen LogP contribution >= 0.6 is 0 Å². The van der Waals surface area contributed by atoms with Crippen molar-refractivity contribution in [1.29, 1.82) is 0 Å². The topological polar surface area (TPSA) is 55.1 Å². The quantitative estimate of drug-likeness (QED) is 0.576. The molecule has 0 aromatic heterocycles. The van der Waals surface area contributed by atoms with Gasteiger partial charge in [0.2, 0.25) is 5.91 Å². The van der Waals surface area contributed by atoms with E-state index in [4.69, 9.17) is 5.73 Å². The maximum atomic E-state index is 10.7. The van der Waals surface area contributed by atoms with Crippen LogP contribution in [-0.2, 0) is 4.79 Å². The third-order valence-electron chi connectivity index (χ3n) is 1.88. The monoisotopic (exact) mass is 142 g/mol. The summed E-state index contributed by atoms with van der Waals surface area (Å²) < 4.78 is 0. The molecule has 0 aliphatic carbocycles. The van der Waals surface area contributed by atoms with Crippen LogP contribution in [0.3, 0.4) is 0 Å². The molecule has 3 N–H and O–H groups in total. The molecule has 1 unspecified atom stereocenters. The Balaban J connectivity index is 2.12. The van der Waals surface area contributed by atoms with Crippen molar-refractivity contribution in [2.24, 2.45) is 11.7 Å². The number of nitrogens with two attached hydrogens (primary N) is 1. The van der Waals surface area contributed by atoms with Gasteiger partial charge in [-0.2, -0.15) is 0 Å². The van der Waals surface area contributed by atoms with Gasteiger partial charge in [-0.25, -0.2) is 0 Å². The van der Waals surface area contributed by atoms with Gasteiger partial charge in [-0.3, -0.25) is 4.79 Å². The first-order chi connectivity index (χ1) is 4.83. The fourth-order valence-corrected chi connectivity index (χ4v) is 1.28. The molecule has 1 aliphatic heterocycles. The molecule has 10 heavy (non-hydrogen) atoms. The average Bonchev–Trinajstić information content (AvgIpc) is 2.31. The molecule has 0 spiro atoms. The second-order valence-electron chi connectivity index (χ2n) is 2.81. The molecule has 0 saturated carbocycles. The van der Waals surface area contributed by atoms with Crippen molar-refractivity contribution in [3.63, 3.8) is 0 Å². The molecular formula is C7H14N2O. The smallest absolute Gasteiger partial charge is 0.220 e. The Morgan fingerprint density at radius 1 is 1.70 bits per heavy atom. The molecule has 1 amide bonds. The second kappa shape index (κ2) is 3.56. The van der Waals surface area contributed by atoms with Crippen LogP contribution in [0.2, 0.25) is 0 Å². The van der Waals surface area contributed by atoms with Gasteiger partial charge in [0.1, 0.15) is 0 Å². The van der Waals surface area contributed by atoms with E-state index in [0.29, 0.717) is 12.3 Å². The Bertz CT molecular complexity index is 125. The highest BCUT2D eigenvalue weighted by atomic mass is 16.1. The summed E-state index contributed by atoms with van der Waals surface area (Å²) in [6.45, 7) is 1.60. The van der Waals surface area contributed by atoms with E-state index in [-0.39, 0.29) is 5.91 Å². The fraction of sp³-hybridized carbons (Fsp3) is 0.857. The van der Waals surface area contributed by atoms with Crippen molar-refractivity contribution in [1.82, 2.24) is 5.32 Å². The van der Waals surface area contributed by atoms with E-state index in [9.17, 15) is 4.79 Å². The highest BCUT2D eigenvalue weighted by molar-refractivity contribution is 5.78. The van der Waals surface area contributed by atoms with E-state index < -0.39 is 0 Å². The lowest BCUT2D eigenvalue weighted by atomic mass is 10.0. The van der Waals surface area contributed by atoms with Gasteiger partial charge in [0.15, 0.2) is 0 Å². The number of hydrogen-bond donors (Lipinski definition) is 2. The summed E-state index contributed by atoms with van der Waals surface area (Å²) in [5, 5.41) is 2.80. The Labute approximate surface area is 61.0 Å². The van der Waals surface area contributed by atoms with Crippen molar-refractivity contribution in [2.45, 2.75) is 19.3 Å². The molecule has 1 fully saturated rings. The van der Waals surface area contributed by atoms with E-state index in [2.05, 4.69) is 5.32 Å².